The summed E-state index contributed by atoms with van der Waals surface area (Å²) in [6, 6.07) is 1.05. The van der Waals surface area contributed by atoms with E-state index in [2.05, 4.69) is 4.98 Å². The molecule has 3 fully saturated rings. The van der Waals surface area contributed by atoms with Crippen molar-refractivity contribution in [1.82, 2.24) is 19.2 Å². The van der Waals surface area contributed by atoms with Crippen LogP contribution in [0.15, 0.2) is 12.3 Å². The number of piperazine rings is 1. The summed E-state index contributed by atoms with van der Waals surface area (Å²) in [5.41, 5.74) is -1.12. The van der Waals surface area contributed by atoms with Crippen LogP contribution >= 0.6 is 11.6 Å². The van der Waals surface area contributed by atoms with Crippen molar-refractivity contribution in [3.8, 4) is 0 Å². The first-order valence-electron chi connectivity index (χ1n) is 10.2. The lowest BCUT2D eigenvalue weighted by Gasteiger charge is -2.44. The van der Waals surface area contributed by atoms with Gasteiger partial charge < -0.3 is 14.9 Å². The topological polar surface area (TPSA) is 78.2 Å². The maximum Gasteiger partial charge on any atom is 0.419 e. The Kier molecular flexibility index (Phi) is 4.71. The molecule has 3 aliphatic rings. The van der Waals surface area contributed by atoms with Gasteiger partial charge in [-0.3, -0.25) is 14.0 Å². The number of carbonyl (C=O) groups is 2. The van der Waals surface area contributed by atoms with Gasteiger partial charge in [-0.1, -0.05) is 11.6 Å². The lowest BCUT2D eigenvalue weighted by atomic mass is 9.87. The average molecular weight is 457 g/mol. The molecule has 3 heterocycles. The number of halogens is 4. The molecule has 2 aromatic rings. The number of rotatable bonds is 3. The summed E-state index contributed by atoms with van der Waals surface area (Å²) in [4.78, 5) is 32.4. The highest BCUT2D eigenvalue weighted by atomic mass is 35.5. The number of pyridine rings is 1. The molecule has 1 N–H and O–H groups in total. The van der Waals surface area contributed by atoms with Gasteiger partial charge in [0, 0.05) is 25.3 Å². The largest absolute Gasteiger partial charge is 0.419 e. The molecule has 2 aromatic heterocycles. The molecule has 1 aliphatic heterocycles. The molecule has 0 aromatic carbocycles. The fraction of sp³-hybridized carbons (Fsp3) is 0.550. The predicted molar refractivity (Wildman–Crippen MR) is 104 cm³/mol. The van der Waals surface area contributed by atoms with Gasteiger partial charge in [-0.2, -0.15) is 13.2 Å². The van der Waals surface area contributed by atoms with Gasteiger partial charge in [0.15, 0.2) is 11.3 Å². The van der Waals surface area contributed by atoms with E-state index < -0.39 is 29.4 Å². The summed E-state index contributed by atoms with van der Waals surface area (Å²) in [5.74, 6) is -0.876. The summed E-state index contributed by atoms with van der Waals surface area (Å²) >= 11 is 6.32. The number of hydrogen-bond acceptors (Lipinski definition) is 4. The molecule has 2 amide bonds. The van der Waals surface area contributed by atoms with Crippen LogP contribution in [0.2, 0.25) is 5.15 Å². The fourth-order valence-corrected chi connectivity index (χ4v) is 4.58. The lowest BCUT2D eigenvalue weighted by Crippen LogP contribution is -2.59. The van der Waals surface area contributed by atoms with E-state index in [0.717, 1.165) is 23.3 Å². The van der Waals surface area contributed by atoms with Crippen LogP contribution in [0, 0.1) is 0 Å². The minimum absolute atomic E-state index is 0.0336. The van der Waals surface area contributed by atoms with Gasteiger partial charge in [0.25, 0.3) is 5.91 Å². The van der Waals surface area contributed by atoms with Crippen molar-refractivity contribution in [2.75, 3.05) is 19.6 Å². The van der Waals surface area contributed by atoms with E-state index in [1.807, 2.05) is 0 Å². The van der Waals surface area contributed by atoms with Crippen molar-refractivity contribution in [3.05, 3.63) is 34.2 Å². The highest BCUT2D eigenvalue weighted by Crippen LogP contribution is 2.43. The number of imidazole rings is 1. The molecule has 0 spiro atoms. The molecule has 2 aliphatic carbocycles. The summed E-state index contributed by atoms with van der Waals surface area (Å²) in [5, 5.41) is 9.26. The Hall–Kier alpha value is -2.33. The number of amides is 2. The third kappa shape index (κ3) is 3.55. The smallest absolute Gasteiger partial charge is 0.393 e. The molecular formula is C20H20ClF3N4O3. The maximum atomic E-state index is 13.7. The standard InChI is InChI=1S/C20H20ClF3N4O3/c21-17-16(19(31)26-3-4-27(15(30)9-26)12-6-13(29)7-12)25-18-14(20(22,23)24)5-11(8-28(17)18)10-1-2-10/h5,8,10,12-13,29H,1-4,6-7,9H2/t12-,13-. The number of aliphatic hydroxyl groups excluding tert-OH is 1. The maximum absolute atomic E-state index is 13.7. The molecule has 31 heavy (non-hydrogen) atoms. The molecule has 7 nitrogen and oxygen atoms in total. The number of aliphatic hydroxyl groups is 1. The number of hydrogen-bond donors (Lipinski definition) is 1. The first-order valence-corrected chi connectivity index (χ1v) is 10.6. The third-order valence-corrected chi connectivity index (χ3v) is 6.67. The van der Waals surface area contributed by atoms with Gasteiger partial charge in [0.2, 0.25) is 5.91 Å². The van der Waals surface area contributed by atoms with Gasteiger partial charge in [-0.15, -0.1) is 0 Å². The highest BCUT2D eigenvalue weighted by Gasteiger charge is 2.40. The molecule has 0 atom stereocenters. The zero-order valence-electron chi connectivity index (χ0n) is 16.4. The Labute approximate surface area is 180 Å². The van der Waals surface area contributed by atoms with Crippen molar-refractivity contribution < 1.29 is 27.9 Å². The predicted octanol–water partition coefficient (Wildman–Crippen LogP) is 2.69. The van der Waals surface area contributed by atoms with Crippen LogP contribution in [0.1, 0.15) is 53.2 Å². The van der Waals surface area contributed by atoms with Crippen LogP contribution in [0.5, 0.6) is 0 Å². The average Bonchev–Trinajstić information content (AvgIpc) is 3.48. The minimum atomic E-state index is -4.64. The molecule has 5 rings (SSSR count). The molecule has 1 saturated heterocycles. The second kappa shape index (κ2) is 7.09. The van der Waals surface area contributed by atoms with Crippen molar-refractivity contribution in [1.29, 1.82) is 0 Å². The van der Waals surface area contributed by atoms with Crippen LogP contribution < -0.4 is 0 Å². The van der Waals surface area contributed by atoms with E-state index in [-0.39, 0.29) is 41.8 Å². The highest BCUT2D eigenvalue weighted by molar-refractivity contribution is 6.33. The fourth-order valence-electron chi connectivity index (χ4n) is 4.33. The van der Waals surface area contributed by atoms with E-state index >= 15 is 0 Å². The van der Waals surface area contributed by atoms with Crippen molar-refractivity contribution in [2.45, 2.75) is 49.9 Å². The van der Waals surface area contributed by atoms with E-state index in [0.29, 0.717) is 24.9 Å². The Morgan fingerprint density at radius 1 is 1.23 bits per heavy atom. The van der Waals surface area contributed by atoms with E-state index in [1.165, 1.54) is 11.1 Å². The molecular weight excluding hydrogens is 437 g/mol. The normalized spacial score (nSPS) is 24.6. The molecule has 11 heteroatoms. The summed E-state index contributed by atoms with van der Waals surface area (Å²) in [6.07, 6.45) is -0.882. The van der Waals surface area contributed by atoms with Crippen molar-refractivity contribution in [2.24, 2.45) is 0 Å². The summed E-state index contributed by atoms with van der Waals surface area (Å²) in [7, 11) is 0. The Morgan fingerprint density at radius 3 is 2.52 bits per heavy atom. The van der Waals surface area contributed by atoms with Crippen LogP contribution in [0.3, 0.4) is 0 Å². The van der Waals surface area contributed by atoms with Crippen LogP contribution in [0.25, 0.3) is 5.65 Å². The second-order valence-electron chi connectivity index (χ2n) is 8.50. The molecule has 0 radical (unpaired) electrons. The van der Waals surface area contributed by atoms with E-state index in [1.54, 1.807) is 4.90 Å². The van der Waals surface area contributed by atoms with E-state index in [4.69, 9.17) is 11.6 Å². The Bertz CT molecular complexity index is 1080. The SMILES string of the molecule is O=C(c1nc2c(C(F)(F)F)cc(C3CC3)cn2c1Cl)N1CCN([C@H]2C[C@H](O)C2)C(=O)C1. The monoisotopic (exact) mass is 456 g/mol. The van der Waals surface area contributed by atoms with Crippen LogP contribution in [-0.4, -0.2) is 67.9 Å². The second-order valence-corrected chi connectivity index (χ2v) is 8.85. The van der Waals surface area contributed by atoms with E-state index in [9.17, 15) is 27.9 Å². The summed E-state index contributed by atoms with van der Waals surface area (Å²) < 4.78 is 42.1. The van der Waals surface area contributed by atoms with Crippen molar-refractivity contribution in [3.63, 3.8) is 0 Å². The Balaban J connectivity index is 1.44. The third-order valence-electron chi connectivity index (χ3n) is 6.31. The first kappa shape index (κ1) is 20.6. The summed E-state index contributed by atoms with van der Waals surface area (Å²) in [6.45, 7) is 0.322. The Morgan fingerprint density at radius 2 is 1.94 bits per heavy atom. The zero-order chi connectivity index (χ0) is 22.1. The zero-order valence-corrected chi connectivity index (χ0v) is 17.2. The quantitative estimate of drug-likeness (QED) is 0.770. The molecule has 166 valence electrons. The van der Waals surface area contributed by atoms with Crippen LogP contribution in [-0.2, 0) is 11.0 Å². The van der Waals surface area contributed by atoms with Gasteiger partial charge >= 0.3 is 6.18 Å². The number of alkyl halides is 3. The van der Waals surface area contributed by atoms with Gasteiger partial charge in [-0.05, 0) is 43.2 Å². The van der Waals surface area contributed by atoms with Gasteiger partial charge in [-0.25, -0.2) is 4.98 Å². The first-order chi connectivity index (χ1) is 14.6. The number of nitrogens with zero attached hydrogens (tertiary/aromatic N) is 4. The minimum Gasteiger partial charge on any atom is -0.393 e. The van der Waals surface area contributed by atoms with Gasteiger partial charge in [0.05, 0.1) is 11.7 Å². The number of fused-ring (bicyclic) bond motifs is 1. The van der Waals surface area contributed by atoms with Crippen molar-refractivity contribution >= 4 is 29.1 Å². The number of aromatic nitrogens is 2. The lowest BCUT2D eigenvalue weighted by molar-refractivity contribution is -0.142. The molecule has 0 bridgehead atoms. The number of carbonyl (C=O) groups excluding carboxylic acids is 2. The molecule has 2 saturated carbocycles. The van der Waals surface area contributed by atoms with Gasteiger partial charge in [0.1, 0.15) is 11.7 Å². The molecule has 0 unspecified atom stereocenters. The van der Waals surface area contributed by atoms with Crippen LogP contribution in [0.4, 0.5) is 13.2 Å².